The van der Waals surface area contributed by atoms with Crippen LogP contribution in [0.15, 0.2) is 18.2 Å². The van der Waals surface area contributed by atoms with E-state index in [9.17, 15) is 5.11 Å². The second-order valence-corrected chi connectivity index (χ2v) is 5.91. The first-order valence-electron chi connectivity index (χ1n) is 6.23. The van der Waals surface area contributed by atoms with Crippen LogP contribution in [0.5, 0.6) is 0 Å². The Balaban J connectivity index is 1.88. The second-order valence-electron chi connectivity index (χ2n) is 5.21. The fraction of sp³-hybridized carbons (Fsp3) is 0.538. The summed E-state index contributed by atoms with van der Waals surface area (Å²) in [4.78, 5) is 0. The van der Waals surface area contributed by atoms with Crippen molar-refractivity contribution >= 4 is 34.6 Å². The fourth-order valence-electron chi connectivity index (χ4n) is 3.03. The summed E-state index contributed by atoms with van der Waals surface area (Å²) in [5.74, 6) is 0.785. The van der Waals surface area contributed by atoms with Crippen molar-refractivity contribution in [3.05, 3.63) is 23.2 Å². The van der Waals surface area contributed by atoms with Crippen LogP contribution in [-0.4, -0.2) is 22.8 Å². The van der Waals surface area contributed by atoms with Gasteiger partial charge in [0.15, 0.2) is 0 Å². The van der Waals surface area contributed by atoms with E-state index in [1.54, 1.807) is 0 Å². The van der Waals surface area contributed by atoms with Crippen LogP contribution in [0.4, 0.5) is 11.4 Å². The Hall–Kier alpha value is -0.640. The smallest absolute Gasteiger partial charge is 0.125 e. The molecule has 1 heterocycles. The molecule has 3 atom stereocenters. The highest BCUT2D eigenvalue weighted by Gasteiger charge is 2.45. The van der Waals surface area contributed by atoms with E-state index in [4.69, 9.17) is 23.2 Å². The summed E-state index contributed by atoms with van der Waals surface area (Å²) in [6.07, 6.45) is 2.42. The van der Waals surface area contributed by atoms with E-state index in [1.165, 1.54) is 0 Å². The number of halogens is 2. The van der Waals surface area contributed by atoms with Crippen molar-refractivity contribution in [2.24, 2.45) is 5.92 Å². The molecule has 0 radical (unpaired) electrons. The summed E-state index contributed by atoms with van der Waals surface area (Å²) in [6, 6.07) is 5.73. The van der Waals surface area contributed by atoms with Crippen LogP contribution in [0.1, 0.15) is 19.3 Å². The van der Waals surface area contributed by atoms with Gasteiger partial charge >= 0.3 is 0 Å². The van der Waals surface area contributed by atoms with Crippen LogP contribution in [-0.2, 0) is 0 Å². The molecule has 0 aromatic heterocycles. The number of aliphatic hydroxyl groups excluding tert-OH is 1. The molecule has 3 rings (SSSR count). The van der Waals surface area contributed by atoms with Gasteiger partial charge in [0.2, 0.25) is 0 Å². The zero-order valence-corrected chi connectivity index (χ0v) is 11.4. The molecule has 1 aromatic carbocycles. The van der Waals surface area contributed by atoms with Crippen LogP contribution in [0.3, 0.4) is 0 Å². The Morgan fingerprint density at radius 2 is 2.06 bits per heavy atom. The van der Waals surface area contributed by atoms with E-state index in [0.29, 0.717) is 16.8 Å². The first kappa shape index (κ1) is 12.4. The molecule has 1 aliphatic heterocycles. The molecular weight excluding hydrogens is 271 g/mol. The molecule has 5 heteroatoms. The summed E-state index contributed by atoms with van der Waals surface area (Å²) in [5, 5.41) is 17.4. The number of rotatable bonds is 2. The first-order chi connectivity index (χ1) is 8.63. The molecule has 0 bridgehead atoms. The number of fused-ring (bicyclic) bond motifs is 1. The SMILES string of the molecule is OC1CCC(C2(CCl)Nc3ccc(Cl)cc3N2)C1. The van der Waals surface area contributed by atoms with Gasteiger partial charge in [-0.3, -0.25) is 0 Å². The molecule has 0 spiro atoms. The van der Waals surface area contributed by atoms with Crippen LogP contribution in [0.2, 0.25) is 5.02 Å². The highest BCUT2D eigenvalue weighted by Crippen LogP contribution is 2.44. The third kappa shape index (κ3) is 1.94. The average molecular weight is 287 g/mol. The van der Waals surface area contributed by atoms with Crippen molar-refractivity contribution in [2.45, 2.75) is 31.0 Å². The van der Waals surface area contributed by atoms with Gasteiger partial charge in [-0.2, -0.15) is 0 Å². The van der Waals surface area contributed by atoms with Crippen molar-refractivity contribution in [1.82, 2.24) is 0 Å². The largest absolute Gasteiger partial charge is 0.393 e. The van der Waals surface area contributed by atoms with Gasteiger partial charge in [-0.25, -0.2) is 0 Å². The molecule has 3 nitrogen and oxygen atoms in total. The number of benzene rings is 1. The summed E-state index contributed by atoms with van der Waals surface area (Å²) >= 11 is 12.2. The van der Waals surface area contributed by atoms with Crippen molar-refractivity contribution in [3.63, 3.8) is 0 Å². The van der Waals surface area contributed by atoms with Crippen LogP contribution < -0.4 is 10.6 Å². The zero-order chi connectivity index (χ0) is 12.8. The van der Waals surface area contributed by atoms with Crippen molar-refractivity contribution < 1.29 is 5.11 Å². The standard InChI is InChI=1S/C13H16Cl2N2O/c14-7-13(8-1-3-10(18)5-8)16-11-4-2-9(15)6-12(11)17-13/h2,4,6,8,10,16-18H,1,3,5,7H2. The third-order valence-corrected chi connectivity index (χ3v) is 4.67. The maximum Gasteiger partial charge on any atom is 0.125 e. The third-order valence-electron chi connectivity index (χ3n) is 4.01. The van der Waals surface area contributed by atoms with E-state index >= 15 is 0 Å². The number of aliphatic hydroxyl groups is 1. The van der Waals surface area contributed by atoms with Gasteiger partial charge in [-0.15, -0.1) is 11.6 Å². The molecule has 1 aliphatic carbocycles. The molecule has 1 fully saturated rings. The van der Waals surface area contributed by atoms with Gasteiger partial charge in [0.05, 0.1) is 23.4 Å². The van der Waals surface area contributed by atoms with Crippen LogP contribution in [0, 0.1) is 5.92 Å². The molecule has 18 heavy (non-hydrogen) atoms. The lowest BCUT2D eigenvalue weighted by atomic mass is 9.93. The maximum atomic E-state index is 9.71. The normalized spacial score (nSPS) is 33.9. The van der Waals surface area contributed by atoms with Crippen molar-refractivity contribution in [3.8, 4) is 0 Å². The van der Waals surface area contributed by atoms with Gasteiger partial charge in [-0.05, 0) is 37.5 Å². The minimum absolute atomic E-state index is 0.203. The van der Waals surface area contributed by atoms with Gasteiger partial charge in [0.25, 0.3) is 0 Å². The van der Waals surface area contributed by atoms with E-state index in [2.05, 4.69) is 10.6 Å². The molecular formula is C13H16Cl2N2O. The highest BCUT2D eigenvalue weighted by molar-refractivity contribution is 6.31. The fourth-order valence-corrected chi connectivity index (χ4v) is 3.55. The van der Waals surface area contributed by atoms with Crippen molar-refractivity contribution in [1.29, 1.82) is 0 Å². The Bertz CT molecular complexity index is 468. The average Bonchev–Trinajstić information content (AvgIpc) is 2.93. The number of anilines is 2. The molecule has 0 amide bonds. The predicted octanol–water partition coefficient (Wildman–Crippen LogP) is 3.27. The second kappa shape index (κ2) is 4.48. The number of hydrogen-bond acceptors (Lipinski definition) is 3. The van der Waals surface area contributed by atoms with Crippen LogP contribution in [0.25, 0.3) is 0 Å². The minimum Gasteiger partial charge on any atom is -0.393 e. The lowest BCUT2D eigenvalue weighted by Gasteiger charge is -2.35. The number of hydrogen-bond donors (Lipinski definition) is 3. The molecule has 3 N–H and O–H groups in total. The number of alkyl halides is 1. The summed E-state index contributed by atoms with van der Waals surface area (Å²) in [6.45, 7) is 0. The molecule has 1 aromatic rings. The van der Waals surface area contributed by atoms with E-state index in [0.717, 1.165) is 30.6 Å². The van der Waals surface area contributed by atoms with E-state index in [-0.39, 0.29) is 11.8 Å². The minimum atomic E-state index is -0.355. The Labute approximate surface area is 116 Å². The van der Waals surface area contributed by atoms with Gasteiger partial charge in [0.1, 0.15) is 5.66 Å². The molecule has 3 unspecified atom stereocenters. The molecule has 0 saturated heterocycles. The summed E-state index contributed by atoms with van der Waals surface area (Å²) in [5.41, 5.74) is 1.66. The molecule has 2 aliphatic rings. The Morgan fingerprint density at radius 3 is 2.72 bits per heavy atom. The van der Waals surface area contributed by atoms with E-state index < -0.39 is 0 Å². The number of nitrogens with one attached hydrogen (secondary N) is 2. The van der Waals surface area contributed by atoms with Crippen LogP contribution >= 0.6 is 23.2 Å². The highest BCUT2D eigenvalue weighted by atomic mass is 35.5. The monoisotopic (exact) mass is 286 g/mol. The maximum absolute atomic E-state index is 9.71. The lowest BCUT2D eigenvalue weighted by Crippen LogP contribution is -2.50. The molecule has 1 saturated carbocycles. The summed E-state index contributed by atoms with van der Waals surface area (Å²) in [7, 11) is 0. The van der Waals surface area contributed by atoms with Gasteiger partial charge < -0.3 is 15.7 Å². The van der Waals surface area contributed by atoms with Crippen molar-refractivity contribution in [2.75, 3.05) is 16.5 Å². The predicted molar refractivity (Wildman–Crippen MR) is 75.5 cm³/mol. The Morgan fingerprint density at radius 1 is 1.28 bits per heavy atom. The topological polar surface area (TPSA) is 44.3 Å². The lowest BCUT2D eigenvalue weighted by molar-refractivity contribution is 0.172. The molecule has 98 valence electrons. The Kier molecular flexibility index (Phi) is 3.08. The van der Waals surface area contributed by atoms with Gasteiger partial charge in [-0.1, -0.05) is 11.6 Å². The summed E-state index contributed by atoms with van der Waals surface area (Å²) < 4.78 is 0. The quantitative estimate of drug-likeness (QED) is 0.731. The zero-order valence-electron chi connectivity index (χ0n) is 9.92. The van der Waals surface area contributed by atoms with E-state index in [1.807, 2.05) is 18.2 Å². The first-order valence-corrected chi connectivity index (χ1v) is 7.14. The van der Waals surface area contributed by atoms with Gasteiger partial charge in [0, 0.05) is 10.9 Å².